The van der Waals surface area contributed by atoms with Gasteiger partial charge in [0.05, 0.1) is 0 Å². The Labute approximate surface area is 62.0 Å². The van der Waals surface area contributed by atoms with Crippen molar-refractivity contribution in [3.8, 4) is 0 Å². The van der Waals surface area contributed by atoms with Gasteiger partial charge < -0.3 is 9.84 Å². The number of aliphatic hydroxyl groups excluding tert-OH is 1. The maximum atomic E-state index is 11.2. The summed E-state index contributed by atoms with van der Waals surface area (Å²) in [7, 11) is 0. The summed E-state index contributed by atoms with van der Waals surface area (Å²) in [6.45, 7) is 0. The first-order valence-corrected chi connectivity index (χ1v) is 2.28. The zero-order valence-corrected chi connectivity index (χ0v) is 5.15. The minimum absolute atomic E-state index is 2.35. The van der Waals surface area contributed by atoms with Gasteiger partial charge in [-0.2, -0.15) is 8.78 Å². The fourth-order valence-corrected chi connectivity index (χ4v) is 0.231. The lowest BCUT2D eigenvalue weighted by Gasteiger charge is -2.04. The summed E-state index contributed by atoms with van der Waals surface area (Å²) < 4.78 is 58.2. The lowest BCUT2D eigenvalue weighted by molar-refractivity contribution is -0.304. The van der Waals surface area contributed by atoms with Crippen LogP contribution in [0.1, 0.15) is 0 Å². The van der Waals surface area contributed by atoms with Crippen molar-refractivity contribution in [2.24, 2.45) is 0 Å². The Balaban J connectivity index is 4.36. The SMILES string of the molecule is O=C(OC(F)(F)F)C(O)=C(F)F. The van der Waals surface area contributed by atoms with E-state index in [2.05, 4.69) is 4.74 Å². The molecule has 0 unspecified atom stereocenters. The molecule has 0 aliphatic heterocycles. The molecule has 0 aromatic rings. The van der Waals surface area contributed by atoms with E-state index in [0.29, 0.717) is 0 Å². The summed E-state index contributed by atoms with van der Waals surface area (Å²) in [6, 6.07) is 0. The second kappa shape index (κ2) is 3.37. The van der Waals surface area contributed by atoms with Gasteiger partial charge in [-0.05, 0) is 0 Å². The fraction of sp³-hybridized carbons (Fsp3) is 0.250. The number of carbonyl (C=O) groups is 1. The van der Waals surface area contributed by atoms with Gasteiger partial charge in [0.2, 0.25) is 0 Å². The molecule has 0 bridgehead atoms. The Morgan fingerprint density at radius 3 is 1.92 bits per heavy atom. The normalized spacial score (nSPS) is 10.8. The average Bonchev–Trinajstić information content (AvgIpc) is 1.82. The van der Waals surface area contributed by atoms with E-state index in [1.54, 1.807) is 0 Å². The molecule has 0 radical (unpaired) electrons. The van der Waals surface area contributed by atoms with Crippen molar-refractivity contribution < 1.29 is 36.6 Å². The van der Waals surface area contributed by atoms with E-state index in [0.717, 1.165) is 0 Å². The highest BCUT2D eigenvalue weighted by Gasteiger charge is 2.36. The predicted molar refractivity (Wildman–Crippen MR) is 24.0 cm³/mol. The maximum absolute atomic E-state index is 11.2. The molecule has 0 saturated carbocycles. The monoisotopic (exact) mass is 192 g/mol. The van der Waals surface area contributed by atoms with Gasteiger partial charge in [0.25, 0.3) is 5.76 Å². The largest absolute Gasteiger partial charge is 0.575 e. The van der Waals surface area contributed by atoms with Crippen molar-refractivity contribution in [2.45, 2.75) is 6.36 Å². The Morgan fingerprint density at radius 2 is 1.67 bits per heavy atom. The van der Waals surface area contributed by atoms with Crippen molar-refractivity contribution in [1.29, 1.82) is 0 Å². The molecule has 0 aromatic heterocycles. The van der Waals surface area contributed by atoms with Crippen molar-refractivity contribution in [3.63, 3.8) is 0 Å². The molecule has 0 saturated heterocycles. The number of carbonyl (C=O) groups excluding carboxylic acids is 1. The third-order valence-corrected chi connectivity index (χ3v) is 0.581. The van der Waals surface area contributed by atoms with Crippen LogP contribution in [0.2, 0.25) is 0 Å². The third kappa shape index (κ3) is 3.74. The average molecular weight is 192 g/mol. The number of alkyl halides is 3. The van der Waals surface area contributed by atoms with E-state index in [1.807, 2.05) is 0 Å². The second-order valence-corrected chi connectivity index (χ2v) is 1.44. The van der Waals surface area contributed by atoms with Crippen LogP contribution in [0.15, 0.2) is 11.8 Å². The highest BCUT2D eigenvalue weighted by molar-refractivity contribution is 5.85. The van der Waals surface area contributed by atoms with E-state index >= 15 is 0 Å². The minimum atomic E-state index is -5.39. The Kier molecular flexibility index (Phi) is 2.99. The molecule has 0 aliphatic rings. The zero-order chi connectivity index (χ0) is 9.94. The lowest BCUT2D eigenvalue weighted by atomic mass is 10.6. The molecule has 0 aliphatic carbocycles. The number of esters is 1. The molecule has 8 heteroatoms. The van der Waals surface area contributed by atoms with Crippen molar-refractivity contribution in [1.82, 2.24) is 0 Å². The quantitative estimate of drug-likeness (QED) is 0.297. The standard InChI is InChI=1S/C4HF5O3/c5-2(6)1(10)3(11)12-4(7,8)9/h10H. The van der Waals surface area contributed by atoms with Gasteiger partial charge in [0.15, 0.2) is 0 Å². The number of ether oxygens (including phenoxy) is 1. The smallest absolute Gasteiger partial charge is 0.498 e. The maximum Gasteiger partial charge on any atom is 0.575 e. The van der Waals surface area contributed by atoms with Crippen molar-refractivity contribution in [3.05, 3.63) is 11.8 Å². The summed E-state index contributed by atoms with van der Waals surface area (Å²) in [6.07, 6.45) is -8.33. The van der Waals surface area contributed by atoms with Crippen LogP contribution in [0.4, 0.5) is 22.0 Å². The topological polar surface area (TPSA) is 46.5 Å². The molecule has 0 rings (SSSR count). The highest BCUT2D eigenvalue weighted by Crippen LogP contribution is 2.19. The van der Waals surface area contributed by atoms with Gasteiger partial charge in [-0.1, -0.05) is 0 Å². The minimum Gasteiger partial charge on any atom is -0.498 e. The molecule has 0 fully saturated rings. The first kappa shape index (κ1) is 10.7. The molecule has 70 valence electrons. The van der Waals surface area contributed by atoms with E-state index in [-0.39, 0.29) is 0 Å². The fourth-order valence-electron chi connectivity index (χ4n) is 0.231. The summed E-state index contributed by atoms with van der Waals surface area (Å²) >= 11 is 0. The van der Waals surface area contributed by atoms with Crippen LogP contribution in [0.5, 0.6) is 0 Å². The molecular weight excluding hydrogens is 191 g/mol. The molecule has 3 nitrogen and oxygen atoms in total. The summed E-state index contributed by atoms with van der Waals surface area (Å²) in [5.74, 6) is -4.89. The molecule has 1 N–H and O–H groups in total. The number of halogens is 5. The number of rotatable bonds is 1. The zero-order valence-electron chi connectivity index (χ0n) is 5.15. The third-order valence-electron chi connectivity index (χ3n) is 0.581. The number of hydrogen-bond donors (Lipinski definition) is 1. The van der Waals surface area contributed by atoms with Crippen molar-refractivity contribution in [2.75, 3.05) is 0 Å². The van der Waals surface area contributed by atoms with Crippen LogP contribution in [-0.4, -0.2) is 17.4 Å². The lowest BCUT2D eigenvalue weighted by Crippen LogP contribution is -2.20. The van der Waals surface area contributed by atoms with Crippen LogP contribution in [0.3, 0.4) is 0 Å². The van der Waals surface area contributed by atoms with Crippen molar-refractivity contribution >= 4 is 5.97 Å². The van der Waals surface area contributed by atoms with E-state index in [1.165, 1.54) is 0 Å². The van der Waals surface area contributed by atoms with Gasteiger partial charge in [0, 0.05) is 0 Å². The van der Waals surface area contributed by atoms with Gasteiger partial charge in [0.1, 0.15) is 0 Å². The van der Waals surface area contributed by atoms with Crippen LogP contribution >= 0.6 is 0 Å². The van der Waals surface area contributed by atoms with E-state index in [4.69, 9.17) is 5.11 Å². The molecule has 0 aromatic carbocycles. The van der Waals surface area contributed by atoms with Crippen LogP contribution < -0.4 is 0 Å². The van der Waals surface area contributed by atoms with E-state index in [9.17, 15) is 26.7 Å². The highest BCUT2D eigenvalue weighted by atomic mass is 19.4. The van der Waals surface area contributed by atoms with Gasteiger partial charge in [-0.15, -0.1) is 13.2 Å². The Morgan fingerprint density at radius 1 is 1.25 bits per heavy atom. The predicted octanol–water partition coefficient (Wildman–Crippen LogP) is 1.72. The molecule has 0 spiro atoms. The van der Waals surface area contributed by atoms with Crippen LogP contribution in [0, 0.1) is 0 Å². The number of aliphatic hydroxyl groups is 1. The van der Waals surface area contributed by atoms with E-state index < -0.39 is 24.2 Å². The first-order valence-electron chi connectivity index (χ1n) is 2.28. The Bertz CT molecular complexity index is 213. The molecule has 0 amide bonds. The summed E-state index contributed by atoms with van der Waals surface area (Å²) in [4.78, 5) is 9.87. The first-order chi connectivity index (χ1) is 5.24. The second-order valence-electron chi connectivity index (χ2n) is 1.44. The number of hydrogen-bond acceptors (Lipinski definition) is 3. The van der Waals surface area contributed by atoms with Crippen LogP contribution in [-0.2, 0) is 9.53 Å². The molecular formula is C4HF5O3. The molecule has 0 heterocycles. The summed E-state index contributed by atoms with van der Waals surface area (Å²) in [5, 5.41) is 7.91. The van der Waals surface area contributed by atoms with Gasteiger partial charge >= 0.3 is 18.4 Å². The molecule has 0 atom stereocenters. The Hall–Kier alpha value is -1.34. The summed E-state index contributed by atoms with van der Waals surface area (Å²) in [5.41, 5.74) is 0. The molecule has 12 heavy (non-hydrogen) atoms. The van der Waals surface area contributed by atoms with Gasteiger partial charge in [-0.25, -0.2) is 4.79 Å². The van der Waals surface area contributed by atoms with Crippen LogP contribution in [0.25, 0.3) is 0 Å². The van der Waals surface area contributed by atoms with Gasteiger partial charge in [-0.3, -0.25) is 0 Å².